The highest BCUT2D eigenvalue weighted by atomic mass is 79.9. The van der Waals surface area contributed by atoms with Crippen LogP contribution < -0.4 is 10.1 Å². The summed E-state index contributed by atoms with van der Waals surface area (Å²) < 4.78 is 31.7. The van der Waals surface area contributed by atoms with Crippen LogP contribution in [0.5, 0.6) is 5.75 Å². The van der Waals surface area contributed by atoms with Crippen molar-refractivity contribution >= 4 is 15.9 Å². The Morgan fingerprint density at radius 3 is 2.71 bits per heavy atom. The molecule has 96 valence electrons. The van der Waals surface area contributed by atoms with Crippen LogP contribution in [0.2, 0.25) is 0 Å². The van der Waals surface area contributed by atoms with E-state index in [9.17, 15) is 8.78 Å². The Morgan fingerprint density at radius 2 is 2.06 bits per heavy atom. The van der Waals surface area contributed by atoms with Gasteiger partial charge in [0, 0.05) is 6.07 Å². The van der Waals surface area contributed by atoms with Crippen molar-refractivity contribution in [1.82, 2.24) is 5.32 Å². The summed E-state index contributed by atoms with van der Waals surface area (Å²) >= 11 is 3.07. The van der Waals surface area contributed by atoms with Gasteiger partial charge >= 0.3 is 0 Å². The van der Waals surface area contributed by atoms with Crippen LogP contribution in [0.1, 0.15) is 19.8 Å². The molecular formula is C12H16BrF2NO. The van der Waals surface area contributed by atoms with E-state index in [0.29, 0.717) is 11.1 Å². The molecule has 0 spiro atoms. The molecule has 1 aromatic carbocycles. The molecule has 1 rings (SSSR count). The highest BCUT2D eigenvalue weighted by molar-refractivity contribution is 9.10. The minimum atomic E-state index is -0.677. The summed E-state index contributed by atoms with van der Waals surface area (Å²) in [5, 5.41) is 3.19. The molecule has 0 aromatic heterocycles. The van der Waals surface area contributed by atoms with Gasteiger partial charge in [0.15, 0.2) is 11.6 Å². The lowest BCUT2D eigenvalue weighted by Crippen LogP contribution is -2.14. The van der Waals surface area contributed by atoms with Crippen LogP contribution in [0.25, 0.3) is 0 Å². The van der Waals surface area contributed by atoms with Crippen molar-refractivity contribution in [2.75, 3.05) is 19.7 Å². The fraction of sp³-hybridized carbons (Fsp3) is 0.500. The van der Waals surface area contributed by atoms with E-state index in [0.717, 1.165) is 32.0 Å². The van der Waals surface area contributed by atoms with Gasteiger partial charge in [-0.15, -0.1) is 0 Å². The van der Waals surface area contributed by atoms with Crippen molar-refractivity contribution < 1.29 is 13.5 Å². The van der Waals surface area contributed by atoms with Gasteiger partial charge in [0.05, 0.1) is 11.1 Å². The van der Waals surface area contributed by atoms with Crippen LogP contribution in [-0.2, 0) is 0 Å². The molecule has 2 nitrogen and oxygen atoms in total. The van der Waals surface area contributed by atoms with Crippen LogP contribution in [0.3, 0.4) is 0 Å². The van der Waals surface area contributed by atoms with E-state index in [2.05, 4.69) is 21.2 Å². The highest BCUT2D eigenvalue weighted by Crippen LogP contribution is 2.29. The lowest BCUT2D eigenvalue weighted by molar-refractivity contribution is 0.288. The van der Waals surface area contributed by atoms with E-state index in [1.54, 1.807) is 0 Å². The van der Waals surface area contributed by atoms with Crippen molar-refractivity contribution in [1.29, 1.82) is 0 Å². The second kappa shape index (κ2) is 7.61. The van der Waals surface area contributed by atoms with E-state index in [1.165, 1.54) is 6.07 Å². The van der Waals surface area contributed by atoms with Crippen LogP contribution >= 0.6 is 15.9 Å². The van der Waals surface area contributed by atoms with Gasteiger partial charge in [-0.25, -0.2) is 8.78 Å². The Hall–Kier alpha value is -0.680. The van der Waals surface area contributed by atoms with Gasteiger partial charge in [-0.2, -0.15) is 0 Å². The minimum absolute atomic E-state index is 0.0786. The maximum Gasteiger partial charge on any atom is 0.169 e. The Bertz CT molecular complexity index is 337. The quantitative estimate of drug-likeness (QED) is 0.779. The molecule has 0 unspecified atom stereocenters. The number of hydrogen-bond donors (Lipinski definition) is 1. The summed E-state index contributed by atoms with van der Waals surface area (Å²) in [6.07, 6.45) is 1.80. The van der Waals surface area contributed by atoms with Gasteiger partial charge in [0.25, 0.3) is 0 Å². The Labute approximate surface area is 108 Å². The van der Waals surface area contributed by atoms with E-state index >= 15 is 0 Å². The average molecular weight is 308 g/mol. The lowest BCUT2D eigenvalue weighted by atomic mass is 10.3. The van der Waals surface area contributed by atoms with Gasteiger partial charge in [-0.1, -0.05) is 6.92 Å². The third-order valence-corrected chi connectivity index (χ3v) is 2.80. The van der Waals surface area contributed by atoms with Crippen LogP contribution in [-0.4, -0.2) is 19.7 Å². The standard InChI is InChI=1S/C12H16BrF2NO/c1-2-16-5-3-4-6-17-12-10(13)7-9(14)8-11(12)15/h7-8,16H,2-6H2,1H3. The van der Waals surface area contributed by atoms with Crippen molar-refractivity contribution in [3.05, 3.63) is 28.2 Å². The molecule has 0 radical (unpaired) electrons. The first-order valence-electron chi connectivity index (χ1n) is 5.63. The molecule has 1 aromatic rings. The van der Waals surface area contributed by atoms with Gasteiger partial charge in [-0.05, 0) is 47.9 Å². The van der Waals surface area contributed by atoms with Crippen molar-refractivity contribution in [3.63, 3.8) is 0 Å². The number of nitrogens with one attached hydrogen (secondary N) is 1. The summed E-state index contributed by atoms with van der Waals surface area (Å²) in [6, 6.07) is 2.01. The zero-order valence-electron chi connectivity index (χ0n) is 9.73. The first-order valence-corrected chi connectivity index (χ1v) is 6.42. The SMILES string of the molecule is CCNCCCCOc1c(F)cc(F)cc1Br. The van der Waals surface area contributed by atoms with Crippen molar-refractivity contribution in [2.24, 2.45) is 0 Å². The molecule has 0 atom stereocenters. The van der Waals surface area contributed by atoms with Crippen molar-refractivity contribution in [2.45, 2.75) is 19.8 Å². The number of ether oxygens (including phenoxy) is 1. The van der Waals surface area contributed by atoms with Crippen LogP contribution in [0.4, 0.5) is 8.78 Å². The molecule has 0 bridgehead atoms. The number of hydrogen-bond acceptors (Lipinski definition) is 2. The molecule has 0 aliphatic carbocycles. The predicted molar refractivity (Wildman–Crippen MR) is 67.3 cm³/mol. The van der Waals surface area contributed by atoms with Crippen molar-refractivity contribution in [3.8, 4) is 5.75 Å². The van der Waals surface area contributed by atoms with Gasteiger partial charge in [0.1, 0.15) is 5.82 Å². The normalized spacial score (nSPS) is 10.6. The first-order chi connectivity index (χ1) is 8.15. The summed E-state index contributed by atoms with van der Waals surface area (Å²) in [5.41, 5.74) is 0. The van der Waals surface area contributed by atoms with Gasteiger partial charge < -0.3 is 10.1 Å². The number of benzene rings is 1. The van der Waals surface area contributed by atoms with E-state index in [1.807, 2.05) is 6.92 Å². The second-order valence-electron chi connectivity index (χ2n) is 3.61. The monoisotopic (exact) mass is 307 g/mol. The second-order valence-corrected chi connectivity index (χ2v) is 4.46. The molecule has 17 heavy (non-hydrogen) atoms. The van der Waals surface area contributed by atoms with Gasteiger partial charge in [-0.3, -0.25) is 0 Å². The summed E-state index contributed by atoms with van der Waals surface area (Å²) in [5.74, 6) is -1.22. The molecule has 5 heteroatoms. The first kappa shape index (κ1) is 14.4. The Morgan fingerprint density at radius 1 is 1.29 bits per heavy atom. The highest BCUT2D eigenvalue weighted by Gasteiger charge is 2.10. The zero-order chi connectivity index (χ0) is 12.7. The molecule has 0 aliphatic rings. The Balaban J connectivity index is 2.36. The maximum absolute atomic E-state index is 13.3. The third kappa shape index (κ3) is 5.00. The zero-order valence-corrected chi connectivity index (χ0v) is 11.3. The fourth-order valence-corrected chi connectivity index (χ4v) is 1.89. The average Bonchev–Trinajstić information content (AvgIpc) is 2.26. The minimum Gasteiger partial charge on any atom is -0.489 e. The summed E-state index contributed by atoms with van der Waals surface area (Å²) in [4.78, 5) is 0. The van der Waals surface area contributed by atoms with Crippen LogP contribution in [0, 0.1) is 11.6 Å². The molecule has 0 saturated heterocycles. The summed E-state index contributed by atoms with van der Waals surface area (Å²) in [6.45, 7) is 4.33. The largest absolute Gasteiger partial charge is 0.489 e. The molecule has 0 saturated carbocycles. The topological polar surface area (TPSA) is 21.3 Å². The van der Waals surface area contributed by atoms with E-state index in [4.69, 9.17) is 4.74 Å². The third-order valence-electron chi connectivity index (χ3n) is 2.21. The summed E-state index contributed by atoms with van der Waals surface area (Å²) in [7, 11) is 0. The molecule has 1 N–H and O–H groups in total. The lowest BCUT2D eigenvalue weighted by Gasteiger charge is -2.09. The smallest absolute Gasteiger partial charge is 0.169 e. The van der Waals surface area contributed by atoms with E-state index in [-0.39, 0.29) is 5.75 Å². The number of rotatable bonds is 7. The maximum atomic E-state index is 13.3. The molecule has 0 aliphatic heterocycles. The number of halogens is 3. The molecule has 0 amide bonds. The number of unbranched alkanes of at least 4 members (excludes halogenated alkanes) is 1. The van der Waals surface area contributed by atoms with Gasteiger partial charge in [0.2, 0.25) is 0 Å². The Kier molecular flexibility index (Phi) is 6.44. The predicted octanol–water partition coefficient (Wildman–Crippen LogP) is 3.50. The fourth-order valence-electron chi connectivity index (χ4n) is 1.37. The van der Waals surface area contributed by atoms with Crippen LogP contribution in [0.15, 0.2) is 16.6 Å². The van der Waals surface area contributed by atoms with E-state index < -0.39 is 11.6 Å². The molecule has 0 fully saturated rings. The molecular weight excluding hydrogens is 292 g/mol. The molecule has 0 heterocycles.